The van der Waals surface area contributed by atoms with Crippen molar-refractivity contribution in [3.63, 3.8) is 0 Å². The molecule has 0 saturated carbocycles. The number of primary amides is 1. The van der Waals surface area contributed by atoms with E-state index in [4.69, 9.17) is 5.73 Å². The average Bonchev–Trinajstić information content (AvgIpc) is 2.62. The number of thioether (sulfide) groups is 1. The monoisotopic (exact) mass is 406 g/mol. The minimum Gasteiger partial charge on any atom is -0.369 e. The van der Waals surface area contributed by atoms with Crippen molar-refractivity contribution in [1.29, 1.82) is 0 Å². The summed E-state index contributed by atoms with van der Waals surface area (Å²) < 4.78 is 26.3. The second kappa shape index (κ2) is 10.3. The van der Waals surface area contributed by atoms with Crippen LogP contribution in [0, 0.1) is 0 Å². The van der Waals surface area contributed by atoms with Crippen LogP contribution in [0.4, 0.5) is 0 Å². The van der Waals surface area contributed by atoms with Crippen LogP contribution in [0.25, 0.3) is 0 Å². The van der Waals surface area contributed by atoms with Crippen LogP contribution in [0.15, 0.2) is 4.99 Å². The number of nitrogens with zero attached hydrogens (tertiary/aromatic N) is 3. The predicted molar refractivity (Wildman–Crippen MR) is 106 cm³/mol. The van der Waals surface area contributed by atoms with Gasteiger partial charge in [0.1, 0.15) is 0 Å². The first-order valence-electron chi connectivity index (χ1n) is 8.94. The summed E-state index contributed by atoms with van der Waals surface area (Å²) in [6.45, 7) is 3.43. The summed E-state index contributed by atoms with van der Waals surface area (Å²) in [4.78, 5) is 17.2. The zero-order valence-electron chi connectivity index (χ0n) is 15.3. The molecule has 0 aromatic heterocycles. The summed E-state index contributed by atoms with van der Waals surface area (Å²) in [5, 5.41) is 6.43. The standard InChI is InChI=1S/C15H30N6O3S2/c1-17-15(19-13-2-5-20(6-3-13)12-14(16)22)18-4-11-26(23,24)21-7-9-25-10-8-21/h13H,2-12H2,1H3,(H2,16,22)(H2,17,18,19). The minimum atomic E-state index is -3.21. The van der Waals surface area contributed by atoms with E-state index in [1.54, 1.807) is 23.1 Å². The van der Waals surface area contributed by atoms with E-state index < -0.39 is 10.0 Å². The second-order valence-corrected chi connectivity index (χ2v) is 9.80. The Morgan fingerprint density at radius 3 is 2.46 bits per heavy atom. The summed E-state index contributed by atoms with van der Waals surface area (Å²) in [5.74, 6) is 2.11. The fourth-order valence-electron chi connectivity index (χ4n) is 3.10. The Morgan fingerprint density at radius 2 is 1.88 bits per heavy atom. The van der Waals surface area contributed by atoms with Crippen molar-refractivity contribution in [2.45, 2.75) is 18.9 Å². The maximum atomic E-state index is 12.3. The molecule has 26 heavy (non-hydrogen) atoms. The Kier molecular flexibility index (Phi) is 8.45. The quantitative estimate of drug-likeness (QED) is 0.347. The zero-order chi connectivity index (χ0) is 19.0. The van der Waals surface area contributed by atoms with Gasteiger partial charge in [0.2, 0.25) is 15.9 Å². The number of aliphatic imine (C=N–C) groups is 1. The fourth-order valence-corrected chi connectivity index (χ4v) is 5.59. The number of carbonyl (C=O) groups excluding carboxylic acids is 1. The highest BCUT2D eigenvalue weighted by Gasteiger charge is 2.24. The highest BCUT2D eigenvalue weighted by Crippen LogP contribution is 2.13. The van der Waals surface area contributed by atoms with Crippen molar-refractivity contribution in [2.75, 3.05) is 63.6 Å². The molecule has 0 unspecified atom stereocenters. The summed E-state index contributed by atoms with van der Waals surface area (Å²) in [5.41, 5.74) is 5.22. The molecule has 2 fully saturated rings. The lowest BCUT2D eigenvalue weighted by atomic mass is 10.1. The summed E-state index contributed by atoms with van der Waals surface area (Å²) in [7, 11) is -1.54. The number of piperidine rings is 1. The third-order valence-corrected chi connectivity index (χ3v) is 7.36. The fraction of sp³-hybridized carbons (Fsp3) is 0.867. The lowest BCUT2D eigenvalue weighted by molar-refractivity contribution is -0.119. The Labute approximate surface area is 160 Å². The van der Waals surface area contributed by atoms with Crippen LogP contribution >= 0.6 is 11.8 Å². The molecule has 0 aromatic rings. The molecule has 0 radical (unpaired) electrons. The molecule has 2 saturated heterocycles. The van der Waals surface area contributed by atoms with Crippen molar-refractivity contribution in [3.8, 4) is 0 Å². The van der Waals surface area contributed by atoms with Crippen molar-refractivity contribution >= 4 is 33.7 Å². The molecular weight excluding hydrogens is 376 g/mol. The number of rotatable bonds is 7. The van der Waals surface area contributed by atoms with E-state index in [1.807, 2.05) is 4.90 Å². The molecular formula is C15H30N6O3S2. The third-order valence-electron chi connectivity index (χ3n) is 4.55. The molecule has 0 aliphatic carbocycles. The van der Waals surface area contributed by atoms with Gasteiger partial charge in [0.25, 0.3) is 0 Å². The van der Waals surface area contributed by atoms with Crippen LogP contribution in [-0.4, -0.2) is 99.1 Å². The number of hydrogen-bond donors (Lipinski definition) is 3. The number of amides is 1. The van der Waals surface area contributed by atoms with Gasteiger partial charge in [-0.2, -0.15) is 11.8 Å². The van der Waals surface area contributed by atoms with Gasteiger partial charge >= 0.3 is 0 Å². The van der Waals surface area contributed by atoms with Crippen LogP contribution in [-0.2, 0) is 14.8 Å². The molecule has 1 amide bonds. The number of hydrogen-bond acceptors (Lipinski definition) is 6. The van der Waals surface area contributed by atoms with Gasteiger partial charge in [0, 0.05) is 57.3 Å². The van der Waals surface area contributed by atoms with Gasteiger partial charge in [0.05, 0.1) is 12.3 Å². The van der Waals surface area contributed by atoms with Crippen molar-refractivity contribution in [2.24, 2.45) is 10.7 Å². The molecule has 0 aromatic carbocycles. The van der Waals surface area contributed by atoms with E-state index in [2.05, 4.69) is 15.6 Å². The van der Waals surface area contributed by atoms with Crippen molar-refractivity contribution < 1.29 is 13.2 Å². The van der Waals surface area contributed by atoms with Crippen LogP contribution in [0.3, 0.4) is 0 Å². The van der Waals surface area contributed by atoms with E-state index in [0.717, 1.165) is 37.4 Å². The Balaban J connectivity index is 1.70. The van der Waals surface area contributed by atoms with Crippen LogP contribution in [0.5, 0.6) is 0 Å². The lowest BCUT2D eigenvalue weighted by Gasteiger charge is -2.32. The molecule has 0 atom stereocenters. The molecule has 150 valence electrons. The van der Waals surface area contributed by atoms with Gasteiger partial charge in [-0.15, -0.1) is 0 Å². The first-order valence-corrected chi connectivity index (χ1v) is 11.7. The lowest BCUT2D eigenvalue weighted by Crippen LogP contribution is -2.50. The van der Waals surface area contributed by atoms with Crippen molar-refractivity contribution in [1.82, 2.24) is 19.8 Å². The summed E-state index contributed by atoms with van der Waals surface area (Å²) >= 11 is 1.79. The maximum absolute atomic E-state index is 12.3. The van der Waals surface area contributed by atoms with E-state index in [1.165, 1.54) is 0 Å². The van der Waals surface area contributed by atoms with Gasteiger partial charge < -0.3 is 16.4 Å². The van der Waals surface area contributed by atoms with Gasteiger partial charge in [-0.25, -0.2) is 12.7 Å². The largest absolute Gasteiger partial charge is 0.369 e. The molecule has 0 spiro atoms. The number of nitrogens with two attached hydrogens (primary N) is 1. The number of carbonyl (C=O) groups is 1. The average molecular weight is 407 g/mol. The first kappa shape index (κ1) is 21.3. The maximum Gasteiger partial charge on any atom is 0.231 e. The normalized spacial score (nSPS) is 21.5. The highest BCUT2D eigenvalue weighted by molar-refractivity contribution is 7.99. The first-order chi connectivity index (χ1) is 12.4. The Bertz CT molecular complexity index is 584. The number of guanidine groups is 1. The molecule has 9 nitrogen and oxygen atoms in total. The van der Waals surface area contributed by atoms with Crippen LogP contribution in [0.2, 0.25) is 0 Å². The van der Waals surface area contributed by atoms with Gasteiger partial charge in [-0.3, -0.25) is 14.7 Å². The van der Waals surface area contributed by atoms with E-state index in [0.29, 0.717) is 32.1 Å². The zero-order valence-corrected chi connectivity index (χ0v) is 16.9. The SMILES string of the molecule is CN=C(NCCS(=O)(=O)N1CCSCC1)NC1CCN(CC(N)=O)CC1. The molecule has 4 N–H and O–H groups in total. The smallest absolute Gasteiger partial charge is 0.231 e. The summed E-state index contributed by atoms with van der Waals surface area (Å²) in [6.07, 6.45) is 1.77. The minimum absolute atomic E-state index is 0.0649. The van der Waals surface area contributed by atoms with E-state index >= 15 is 0 Å². The predicted octanol–water partition coefficient (Wildman–Crippen LogP) is -1.52. The molecule has 2 aliphatic heterocycles. The van der Waals surface area contributed by atoms with Gasteiger partial charge in [0.15, 0.2) is 5.96 Å². The molecule has 2 heterocycles. The topological polar surface area (TPSA) is 120 Å². The number of likely N-dealkylation sites (tertiary alicyclic amines) is 1. The third kappa shape index (κ3) is 6.93. The van der Waals surface area contributed by atoms with Gasteiger partial charge in [-0.05, 0) is 12.8 Å². The van der Waals surface area contributed by atoms with E-state index in [9.17, 15) is 13.2 Å². The summed E-state index contributed by atoms with van der Waals surface area (Å²) in [6, 6.07) is 0.251. The van der Waals surface area contributed by atoms with Gasteiger partial charge in [-0.1, -0.05) is 0 Å². The molecule has 2 aliphatic rings. The number of sulfonamides is 1. The number of nitrogens with one attached hydrogen (secondary N) is 2. The highest BCUT2D eigenvalue weighted by atomic mass is 32.2. The molecule has 2 rings (SSSR count). The molecule has 0 bridgehead atoms. The Morgan fingerprint density at radius 1 is 1.23 bits per heavy atom. The van der Waals surface area contributed by atoms with Crippen LogP contribution < -0.4 is 16.4 Å². The van der Waals surface area contributed by atoms with E-state index in [-0.39, 0.29) is 17.7 Å². The van der Waals surface area contributed by atoms with Crippen LogP contribution in [0.1, 0.15) is 12.8 Å². The van der Waals surface area contributed by atoms with Crippen molar-refractivity contribution in [3.05, 3.63) is 0 Å². The Hall–Kier alpha value is -1.04. The molecule has 11 heteroatoms. The second-order valence-electron chi connectivity index (χ2n) is 6.49.